The predicted molar refractivity (Wildman–Crippen MR) is 102 cm³/mol. The van der Waals surface area contributed by atoms with Gasteiger partial charge in [0.1, 0.15) is 5.75 Å². The summed E-state index contributed by atoms with van der Waals surface area (Å²) in [6.45, 7) is 2.25. The van der Waals surface area contributed by atoms with Crippen LogP contribution in [0.15, 0.2) is 59.6 Å². The summed E-state index contributed by atoms with van der Waals surface area (Å²) in [5.41, 5.74) is 1.89. The van der Waals surface area contributed by atoms with Gasteiger partial charge in [-0.15, -0.1) is 13.2 Å². The van der Waals surface area contributed by atoms with Crippen molar-refractivity contribution in [3.8, 4) is 5.75 Å². The van der Waals surface area contributed by atoms with Gasteiger partial charge in [0.15, 0.2) is 0 Å². The molecule has 3 heterocycles. The van der Waals surface area contributed by atoms with Crippen molar-refractivity contribution in [3.05, 3.63) is 60.4 Å². The minimum absolute atomic E-state index is 0.0641. The summed E-state index contributed by atoms with van der Waals surface area (Å²) >= 11 is 0. The Kier molecular flexibility index (Phi) is 5.43. The van der Waals surface area contributed by atoms with Crippen LogP contribution in [0.1, 0.15) is 5.69 Å². The van der Waals surface area contributed by atoms with E-state index in [2.05, 4.69) is 14.7 Å². The first kappa shape index (κ1) is 20.6. The first-order valence-electron chi connectivity index (χ1n) is 9.22. The summed E-state index contributed by atoms with van der Waals surface area (Å²) in [5, 5.41) is 4.51. The highest BCUT2D eigenvalue weighted by Gasteiger charge is 2.32. The van der Waals surface area contributed by atoms with Gasteiger partial charge >= 0.3 is 6.36 Å². The molecule has 4 rings (SSSR count). The molecule has 3 aromatic rings. The lowest BCUT2D eigenvalue weighted by molar-refractivity contribution is -0.274. The largest absolute Gasteiger partial charge is 0.573 e. The Balaban J connectivity index is 1.37. The van der Waals surface area contributed by atoms with Crippen LogP contribution in [0, 0.1) is 0 Å². The summed E-state index contributed by atoms with van der Waals surface area (Å²) in [5.74, 6) is -0.460. The molecule has 0 aliphatic carbocycles. The second kappa shape index (κ2) is 7.89. The first-order valence-corrected chi connectivity index (χ1v) is 10.7. The molecular formula is C19H19F3N4O3S. The molecule has 11 heteroatoms. The van der Waals surface area contributed by atoms with E-state index in [1.54, 1.807) is 4.52 Å². The highest BCUT2D eigenvalue weighted by Crippen LogP contribution is 2.25. The monoisotopic (exact) mass is 440 g/mol. The van der Waals surface area contributed by atoms with Crippen molar-refractivity contribution in [2.45, 2.75) is 17.8 Å². The van der Waals surface area contributed by atoms with Crippen molar-refractivity contribution in [1.82, 2.24) is 18.8 Å². The lowest BCUT2D eigenvalue weighted by atomic mass is 10.3. The molecule has 160 valence electrons. The van der Waals surface area contributed by atoms with E-state index in [0.717, 1.165) is 35.5 Å². The molecule has 30 heavy (non-hydrogen) atoms. The van der Waals surface area contributed by atoms with E-state index < -0.39 is 22.1 Å². The molecule has 0 unspecified atom stereocenters. The molecule has 0 amide bonds. The number of nitrogens with zero attached hydrogens (tertiary/aromatic N) is 4. The molecule has 1 aliphatic rings. The standard InChI is InChI=1S/C19H19F3N4O3S/c20-19(21,22)29-17-4-6-18(7-5-17)30(27,28)25-11-9-24(10-12-25)14-15-13-16-3-1-2-8-26(16)23-15/h1-8,13H,9-12,14H2. The van der Waals surface area contributed by atoms with Crippen LogP contribution in [0.3, 0.4) is 0 Å². The zero-order chi connectivity index (χ0) is 21.4. The van der Waals surface area contributed by atoms with Gasteiger partial charge < -0.3 is 4.74 Å². The summed E-state index contributed by atoms with van der Waals surface area (Å²) < 4.78 is 69.3. The molecule has 2 aromatic heterocycles. The molecule has 1 aromatic carbocycles. The van der Waals surface area contributed by atoms with Crippen molar-refractivity contribution in [3.63, 3.8) is 0 Å². The van der Waals surface area contributed by atoms with Crippen LogP contribution in [0.4, 0.5) is 13.2 Å². The molecule has 7 nitrogen and oxygen atoms in total. The molecule has 0 radical (unpaired) electrons. The van der Waals surface area contributed by atoms with Crippen LogP contribution >= 0.6 is 0 Å². The molecular weight excluding hydrogens is 421 g/mol. The fraction of sp³-hybridized carbons (Fsp3) is 0.316. The van der Waals surface area contributed by atoms with Crippen LogP contribution in [0.2, 0.25) is 0 Å². The van der Waals surface area contributed by atoms with E-state index in [1.807, 2.05) is 30.5 Å². The van der Waals surface area contributed by atoms with Gasteiger partial charge in [-0.05, 0) is 42.5 Å². The molecule has 0 N–H and O–H groups in total. The molecule has 0 bridgehead atoms. The van der Waals surface area contributed by atoms with Crippen molar-refractivity contribution in [2.75, 3.05) is 26.2 Å². The zero-order valence-electron chi connectivity index (χ0n) is 15.8. The molecule has 1 aliphatic heterocycles. The minimum Gasteiger partial charge on any atom is -0.406 e. The van der Waals surface area contributed by atoms with Gasteiger partial charge in [0, 0.05) is 38.9 Å². The van der Waals surface area contributed by atoms with Crippen molar-refractivity contribution >= 4 is 15.5 Å². The van der Waals surface area contributed by atoms with Crippen LogP contribution in [0.5, 0.6) is 5.75 Å². The summed E-state index contributed by atoms with van der Waals surface area (Å²) in [6, 6.07) is 12.0. The van der Waals surface area contributed by atoms with Crippen LogP contribution in [-0.2, 0) is 16.6 Å². The fourth-order valence-corrected chi connectivity index (χ4v) is 4.81. The Bertz CT molecular complexity index is 1090. The number of piperazine rings is 1. The number of rotatable bonds is 5. The van der Waals surface area contributed by atoms with Crippen LogP contribution in [-0.4, -0.2) is 59.8 Å². The maximum atomic E-state index is 12.8. The van der Waals surface area contributed by atoms with E-state index >= 15 is 0 Å². The molecule has 0 spiro atoms. The third-order valence-corrected chi connectivity index (χ3v) is 6.75. The summed E-state index contributed by atoms with van der Waals surface area (Å²) in [7, 11) is -3.79. The third kappa shape index (κ3) is 4.58. The number of alkyl halides is 3. The minimum atomic E-state index is -4.82. The molecule has 0 atom stereocenters. The highest BCUT2D eigenvalue weighted by atomic mass is 32.2. The second-order valence-corrected chi connectivity index (χ2v) is 8.84. The quantitative estimate of drug-likeness (QED) is 0.611. The Labute approximate surface area is 171 Å². The van der Waals surface area contributed by atoms with Gasteiger partial charge in [-0.25, -0.2) is 12.9 Å². The third-order valence-electron chi connectivity index (χ3n) is 4.83. The highest BCUT2D eigenvalue weighted by molar-refractivity contribution is 7.89. The smallest absolute Gasteiger partial charge is 0.406 e. The summed E-state index contributed by atoms with van der Waals surface area (Å²) in [6.07, 6.45) is -2.95. The number of fused-ring (bicyclic) bond motifs is 1. The average molecular weight is 440 g/mol. The maximum Gasteiger partial charge on any atom is 0.573 e. The van der Waals surface area contributed by atoms with E-state index in [9.17, 15) is 21.6 Å². The van der Waals surface area contributed by atoms with Crippen molar-refractivity contribution in [2.24, 2.45) is 0 Å². The zero-order valence-corrected chi connectivity index (χ0v) is 16.6. The number of aromatic nitrogens is 2. The first-order chi connectivity index (χ1) is 14.2. The van der Waals surface area contributed by atoms with Gasteiger partial charge in [0.25, 0.3) is 0 Å². The predicted octanol–water partition coefficient (Wildman–Crippen LogP) is 2.74. The number of halogens is 3. The van der Waals surface area contributed by atoms with Gasteiger partial charge in [-0.1, -0.05) is 6.07 Å². The Morgan fingerprint density at radius 1 is 1.00 bits per heavy atom. The lowest BCUT2D eigenvalue weighted by Crippen LogP contribution is -2.48. The van der Waals surface area contributed by atoms with E-state index in [-0.39, 0.29) is 18.0 Å². The van der Waals surface area contributed by atoms with Gasteiger partial charge in [-0.2, -0.15) is 9.40 Å². The number of pyridine rings is 1. The molecule has 1 saturated heterocycles. The average Bonchev–Trinajstić information content (AvgIpc) is 3.10. The number of ether oxygens (including phenoxy) is 1. The molecule has 0 saturated carbocycles. The number of sulfonamides is 1. The Hall–Kier alpha value is -2.63. The number of hydrogen-bond acceptors (Lipinski definition) is 5. The van der Waals surface area contributed by atoms with E-state index in [1.165, 1.54) is 4.31 Å². The van der Waals surface area contributed by atoms with Gasteiger partial charge in [0.2, 0.25) is 10.0 Å². The lowest BCUT2D eigenvalue weighted by Gasteiger charge is -2.33. The summed E-state index contributed by atoms with van der Waals surface area (Å²) in [4.78, 5) is 2.06. The van der Waals surface area contributed by atoms with Crippen molar-refractivity contribution in [1.29, 1.82) is 0 Å². The SMILES string of the molecule is O=S(=O)(c1ccc(OC(F)(F)F)cc1)N1CCN(Cc2cc3ccccn3n2)CC1. The van der Waals surface area contributed by atoms with Crippen LogP contribution in [0.25, 0.3) is 5.52 Å². The number of hydrogen-bond donors (Lipinski definition) is 0. The number of benzene rings is 1. The van der Waals surface area contributed by atoms with Crippen molar-refractivity contribution < 1.29 is 26.3 Å². The van der Waals surface area contributed by atoms with Gasteiger partial charge in [0.05, 0.1) is 16.1 Å². The normalized spacial score (nSPS) is 16.8. The Morgan fingerprint density at radius 3 is 2.33 bits per heavy atom. The molecule has 1 fully saturated rings. The van der Waals surface area contributed by atoms with Crippen LogP contribution < -0.4 is 4.74 Å². The van der Waals surface area contributed by atoms with E-state index in [4.69, 9.17) is 0 Å². The topological polar surface area (TPSA) is 67.2 Å². The van der Waals surface area contributed by atoms with Gasteiger partial charge in [-0.3, -0.25) is 4.90 Å². The fourth-order valence-electron chi connectivity index (χ4n) is 3.39. The second-order valence-electron chi connectivity index (χ2n) is 6.91. The van der Waals surface area contributed by atoms with E-state index in [0.29, 0.717) is 19.6 Å². The Morgan fingerprint density at radius 2 is 1.70 bits per heavy atom. The maximum absolute atomic E-state index is 12.8.